The number of H-pyrrole nitrogens is 2. The van der Waals surface area contributed by atoms with Crippen LogP contribution < -0.4 is 0 Å². The molecule has 0 bridgehead atoms. The van der Waals surface area contributed by atoms with Gasteiger partial charge in [0.05, 0.1) is 24.5 Å². The zero-order chi connectivity index (χ0) is 24.8. The molecule has 0 radical (unpaired) electrons. The second-order valence-electron chi connectivity index (χ2n) is 10.7. The molecule has 2 aliphatic rings. The summed E-state index contributed by atoms with van der Waals surface area (Å²) in [5, 5.41) is 19.2. The van der Waals surface area contributed by atoms with Gasteiger partial charge >= 0.3 is 0 Å². The molecule has 2 saturated heterocycles. The first-order chi connectivity index (χ1) is 17.5. The summed E-state index contributed by atoms with van der Waals surface area (Å²) in [4.78, 5) is 25.0. The smallest absolute Gasteiger partial charge is 0.236 e. The number of amides is 1. The number of hydrogen-bond acceptors (Lipinski definition) is 5. The van der Waals surface area contributed by atoms with Gasteiger partial charge in [-0.3, -0.25) is 14.8 Å². The molecule has 2 fully saturated rings. The Morgan fingerprint density at radius 1 is 1.14 bits per heavy atom. The molecule has 1 atom stereocenters. The Labute approximate surface area is 210 Å². The molecule has 0 saturated carbocycles. The standard InChI is InChI=1S/C28H34N6O2/c1-17(2)26-22-13-19(18-6-11-34(12-7-18)25(36)16-33-10-8-20(35)15-33)3-4-24(22)31-27(26)21-5-9-29-28-23(21)14-30-32-28/h3-5,9,13-14,17-18,20,31,35H,6-8,10-12,15-16H2,1-2H3,(H,29,30,32). The normalized spacial score (nSPS) is 19.8. The molecule has 0 spiro atoms. The van der Waals surface area contributed by atoms with Crippen molar-refractivity contribution in [2.75, 3.05) is 32.7 Å². The number of nitrogens with one attached hydrogen (secondary N) is 2. The molecule has 3 aromatic heterocycles. The third kappa shape index (κ3) is 4.18. The highest BCUT2D eigenvalue weighted by Gasteiger charge is 2.28. The first-order valence-electron chi connectivity index (χ1n) is 13.1. The number of aromatic nitrogens is 4. The summed E-state index contributed by atoms with van der Waals surface area (Å²) in [5.74, 6) is 0.993. The van der Waals surface area contributed by atoms with E-state index in [1.54, 1.807) is 0 Å². The van der Waals surface area contributed by atoms with E-state index in [0.29, 0.717) is 24.9 Å². The largest absolute Gasteiger partial charge is 0.392 e. The zero-order valence-corrected chi connectivity index (χ0v) is 21.0. The van der Waals surface area contributed by atoms with Crippen LogP contribution in [0.15, 0.2) is 36.7 Å². The summed E-state index contributed by atoms with van der Waals surface area (Å²) in [7, 11) is 0. The maximum atomic E-state index is 12.8. The topological polar surface area (TPSA) is 101 Å². The van der Waals surface area contributed by atoms with Crippen molar-refractivity contribution in [3.8, 4) is 11.3 Å². The fraction of sp³-hybridized carbons (Fsp3) is 0.464. The molecule has 36 heavy (non-hydrogen) atoms. The molecule has 1 unspecified atom stereocenters. The van der Waals surface area contributed by atoms with Crippen molar-refractivity contribution in [2.45, 2.75) is 51.0 Å². The molecule has 0 aliphatic carbocycles. The van der Waals surface area contributed by atoms with Crippen LogP contribution in [-0.2, 0) is 4.79 Å². The maximum absolute atomic E-state index is 12.8. The van der Waals surface area contributed by atoms with Gasteiger partial charge in [0.1, 0.15) is 0 Å². The number of carbonyl (C=O) groups excluding carboxylic acids is 1. The van der Waals surface area contributed by atoms with Crippen LogP contribution in [0.5, 0.6) is 0 Å². The predicted octanol–water partition coefficient (Wildman–Crippen LogP) is 4.00. The van der Waals surface area contributed by atoms with Crippen LogP contribution in [0.4, 0.5) is 0 Å². The van der Waals surface area contributed by atoms with Gasteiger partial charge in [-0.2, -0.15) is 5.10 Å². The molecule has 1 amide bonds. The second-order valence-corrected chi connectivity index (χ2v) is 10.7. The predicted molar refractivity (Wildman–Crippen MR) is 141 cm³/mol. The van der Waals surface area contributed by atoms with E-state index < -0.39 is 0 Å². The lowest BCUT2D eigenvalue weighted by Gasteiger charge is -2.33. The Morgan fingerprint density at radius 3 is 2.72 bits per heavy atom. The molecule has 4 aromatic rings. The number of hydrogen-bond donors (Lipinski definition) is 3. The summed E-state index contributed by atoms with van der Waals surface area (Å²) >= 11 is 0. The number of pyridine rings is 1. The lowest BCUT2D eigenvalue weighted by Crippen LogP contribution is -2.43. The highest BCUT2D eigenvalue weighted by Crippen LogP contribution is 2.39. The van der Waals surface area contributed by atoms with Gasteiger partial charge in [0, 0.05) is 54.2 Å². The summed E-state index contributed by atoms with van der Waals surface area (Å²) in [5.41, 5.74) is 6.87. The van der Waals surface area contributed by atoms with Crippen LogP contribution in [-0.4, -0.2) is 79.8 Å². The molecule has 3 N–H and O–H groups in total. The van der Waals surface area contributed by atoms with Crippen molar-refractivity contribution in [3.63, 3.8) is 0 Å². The quantitative estimate of drug-likeness (QED) is 0.396. The fourth-order valence-electron chi connectivity index (χ4n) is 6.07. The van der Waals surface area contributed by atoms with Crippen molar-refractivity contribution in [2.24, 2.45) is 0 Å². The minimum absolute atomic E-state index is 0.193. The van der Waals surface area contributed by atoms with E-state index in [-0.39, 0.29) is 12.0 Å². The number of fused-ring (bicyclic) bond motifs is 2. The van der Waals surface area contributed by atoms with Gasteiger partial charge in [0.15, 0.2) is 5.65 Å². The first kappa shape index (κ1) is 23.2. The van der Waals surface area contributed by atoms with Gasteiger partial charge in [0.2, 0.25) is 5.91 Å². The van der Waals surface area contributed by atoms with Crippen molar-refractivity contribution in [1.82, 2.24) is 30.0 Å². The Morgan fingerprint density at radius 2 is 1.97 bits per heavy atom. The third-order valence-corrected chi connectivity index (χ3v) is 7.99. The van der Waals surface area contributed by atoms with Gasteiger partial charge < -0.3 is 15.0 Å². The number of nitrogens with zero attached hydrogens (tertiary/aromatic N) is 4. The van der Waals surface area contributed by atoms with Crippen LogP contribution in [0.1, 0.15) is 56.1 Å². The molecule has 8 nitrogen and oxygen atoms in total. The van der Waals surface area contributed by atoms with E-state index in [9.17, 15) is 9.90 Å². The first-order valence-corrected chi connectivity index (χ1v) is 13.1. The Bertz CT molecular complexity index is 1400. The third-order valence-electron chi connectivity index (χ3n) is 7.99. The van der Waals surface area contributed by atoms with E-state index in [4.69, 9.17) is 0 Å². The number of benzene rings is 1. The fourth-order valence-corrected chi connectivity index (χ4v) is 6.07. The average Bonchev–Trinajstić information content (AvgIpc) is 3.61. The van der Waals surface area contributed by atoms with E-state index in [0.717, 1.165) is 66.7 Å². The van der Waals surface area contributed by atoms with Crippen LogP contribution in [0.25, 0.3) is 33.2 Å². The van der Waals surface area contributed by atoms with Crippen LogP contribution in [0.3, 0.4) is 0 Å². The van der Waals surface area contributed by atoms with E-state index in [1.165, 1.54) is 16.5 Å². The zero-order valence-electron chi connectivity index (χ0n) is 21.0. The van der Waals surface area contributed by atoms with Gasteiger partial charge in [-0.05, 0) is 60.4 Å². The van der Waals surface area contributed by atoms with Crippen molar-refractivity contribution >= 4 is 27.8 Å². The van der Waals surface area contributed by atoms with Crippen LogP contribution in [0, 0.1) is 0 Å². The lowest BCUT2D eigenvalue weighted by molar-refractivity contribution is -0.133. The number of aliphatic hydroxyl groups is 1. The number of rotatable bonds is 5. The highest BCUT2D eigenvalue weighted by atomic mass is 16.3. The summed E-state index contributed by atoms with van der Waals surface area (Å²) in [6.45, 7) is 7.94. The molecular formula is C28H34N6O2. The van der Waals surface area contributed by atoms with Gasteiger partial charge in [-0.1, -0.05) is 19.9 Å². The minimum atomic E-state index is -0.285. The maximum Gasteiger partial charge on any atom is 0.236 e. The number of β-amino-alcohol motifs (C(OH)–C–C–N with tert-alkyl or cyclic N) is 1. The summed E-state index contributed by atoms with van der Waals surface area (Å²) < 4.78 is 0. The average molecular weight is 487 g/mol. The summed E-state index contributed by atoms with van der Waals surface area (Å²) in [6.07, 6.45) is 6.12. The molecule has 6 rings (SSSR count). The van der Waals surface area contributed by atoms with Gasteiger partial charge in [-0.25, -0.2) is 4.98 Å². The second kappa shape index (κ2) is 9.33. The van der Waals surface area contributed by atoms with Crippen molar-refractivity contribution < 1.29 is 9.90 Å². The van der Waals surface area contributed by atoms with E-state index in [2.05, 4.69) is 63.2 Å². The van der Waals surface area contributed by atoms with Crippen LogP contribution in [0.2, 0.25) is 0 Å². The summed E-state index contributed by atoms with van der Waals surface area (Å²) in [6, 6.07) is 8.89. The number of aliphatic hydroxyl groups excluding tert-OH is 1. The van der Waals surface area contributed by atoms with E-state index in [1.807, 2.05) is 17.3 Å². The number of piperidine rings is 1. The molecule has 2 aliphatic heterocycles. The number of likely N-dealkylation sites (tertiary alicyclic amines) is 2. The monoisotopic (exact) mass is 486 g/mol. The molecule has 1 aromatic carbocycles. The molecule has 5 heterocycles. The highest BCUT2D eigenvalue weighted by molar-refractivity contribution is 5.98. The Hall–Kier alpha value is -3.23. The van der Waals surface area contributed by atoms with E-state index >= 15 is 0 Å². The molecule has 188 valence electrons. The Balaban J connectivity index is 1.23. The minimum Gasteiger partial charge on any atom is -0.392 e. The van der Waals surface area contributed by atoms with Crippen molar-refractivity contribution in [1.29, 1.82) is 0 Å². The number of aromatic amines is 2. The Kier molecular flexibility index (Phi) is 6.01. The van der Waals surface area contributed by atoms with Crippen LogP contribution >= 0.6 is 0 Å². The number of carbonyl (C=O) groups is 1. The molecule has 8 heteroatoms. The molecular weight excluding hydrogens is 452 g/mol. The van der Waals surface area contributed by atoms with Crippen molar-refractivity contribution in [3.05, 3.63) is 47.8 Å². The lowest BCUT2D eigenvalue weighted by atomic mass is 9.87. The SMILES string of the molecule is CC(C)c1c(-c2ccnc3[nH]ncc23)[nH]c2ccc(C3CCN(C(=O)CN4CCC(O)C4)CC3)cc12. The van der Waals surface area contributed by atoms with Gasteiger partial charge in [0.25, 0.3) is 0 Å². The van der Waals surface area contributed by atoms with Gasteiger partial charge in [-0.15, -0.1) is 0 Å².